The zero-order valence-electron chi connectivity index (χ0n) is 20.6. The van der Waals surface area contributed by atoms with Crippen molar-refractivity contribution in [3.63, 3.8) is 0 Å². The molecule has 1 fully saturated rings. The van der Waals surface area contributed by atoms with Gasteiger partial charge in [0, 0.05) is 25.7 Å². The smallest absolute Gasteiger partial charge is 0.293 e. The Morgan fingerprint density at radius 2 is 1.92 bits per heavy atom. The Hall–Kier alpha value is -2.61. The van der Waals surface area contributed by atoms with E-state index in [1.165, 1.54) is 44.0 Å². The van der Waals surface area contributed by atoms with Crippen LogP contribution < -0.4 is 15.8 Å². The van der Waals surface area contributed by atoms with Crippen molar-refractivity contribution in [3.8, 4) is 0 Å². The lowest BCUT2D eigenvalue weighted by Crippen LogP contribution is -2.33. The van der Waals surface area contributed by atoms with E-state index in [1.54, 1.807) is 0 Å². The van der Waals surface area contributed by atoms with Crippen LogP contribution in [0.2, 0.25) is 5.02 Å². The summed E-state index contributed by atoms with van der Waals surface area (Å²) >= 11 is 6.07. The first kappa shape index (κ1) is 26.5. The Morgan fingerprint density at radius 1 is 1.17 bits per heavy atom. The minimum Gasteiger partial charge on any atom is -0.373 e. The first-order chi connectivity index (χ1) is 17.5. The van der Waals surface area contributed by atoms with Crippen molar-refractivity contribution in [2.75, 3.05) is 36.9 Å². The van der Waals surface area contributed by atoms with Gasteiger partial charge < -0.3 is 10.2 Å². The number of piperidine rings is 1. The molecule has 1 N–H and O–H groups in total. The van der Waals surface area contributed by atoms with Gasteiger partial charge in [-0.2, -0.15) is 9.55 Å². The lowest BCUT2D eigenvalue weighted by atomic mass is 9.99. The number of nitrogens with zero attached hydrogens (tertiary/aromatic N) is 6. The summed E-state index contributed by atoms with van der Waals surface area (Å²) in [5.74, 6) is 1.74. The summed E-state index contributed by atoms with van der Waals surface area (Å²) in [5.41, 5.74) is 3.25. The number of rotatable bonds is 5. The molecule has 1 atom stereocenters. The molecule has 192 valence electrons. The Morgan fingerprint density at radius 3 is 2.61 bits per heavy atom. The van der Waals surface area contributed by atoms with Crippen LogP contribution in [0.1, 0.15) is 36.6 Å². The van der Waals surface area contributed by atoms with Crippen LogP contribution in [0.25, 0.3) is 0 Å². The molecule has 0 bridgehead atoms. The van der Waals surface area contributed by atoms with Gasteiger partial charge in [-0.25, -0.2) is 14.2 Å². The fourth-order valence-electron chi connectivity index (χ4n) is 4.54. The first-order valence-corrected chi connectivity index (χ1v) is 13.4. The lowest BCUT2D eigenvalue weighted by molar-refractivity contribution is 0.185. The Bertz CT molecular complexity index is 1200. The van der Waals surface area contributed by atoms with Gasteiger partial charge in [0.2, 0.25) is 0 Å². The summed E-state index contributed by atoms with van der Waals surface area (Å²) in [6, 6.07) is 10.8. The number of aromatic nitrogens is 4. The van der Waals surface area contributed by atoms with Crippen LogP contribution in [0, 0.1) is 5.92 Å². The zero-order chi connectivity index (χ0) is 25.5. The number of likely N-dealkylation sites (tertiary alicyclic amines) is 1. The number of anilines is 2. The average molecular weight is 532 g/mol. The minimum atomic E-state index is -1.24. The van der Waals surface area contributed by atoms with Crippen molar-refractivity contribution in [2.45, 2.75) is 39.3 Å². The fraction of sp³-hybridized carbons (Fsp3) is 0.440. The molecular weight excluding hydrogens is 500 g/mol. The van der Waals surface area contributed by atoms with Crippen LogP contribution in [-0.4, -0.2) is 51.1 Å². The second-order valence-corrected chi connectivity index (χ2v) is 10.1. The Labute approximate surface area is 217 Å². The number of halogens is 2. The van der Waals surface area contributed by atoms with E-state index in [0.29, 0.717) is 23.2 Å². The van der Waals surface area contributed by atoms with E-state index >= 15 is 0 Å². The molecule has 0 amide bonds. The van der Waals surface area contributed by atoms with Crippen LogP contribution in [-0.2, 0) is 19.5 Å². The van der Waals surface area contributed by atoms with Gasteiger partial charge in [0.05, 0.1) is 24.1 Å². The monoisotopic (exact) mass is 531 g/mol. The van der Waals surface area contributed by atoms with Crippen molar-refractivity contribution in [1.82, 2.24) is 24.4 Å². The highest BCUT2D eigenvalue weighted by Crippen LogP contribution is 2.29. The van der Waals surface area contributed by atoms with Gasteiger partial charge in [0.25, 0.3) is 5.56 Å². The largest absolute Gasteiger partial charge is 0.373 e. The summed E-state index contributed by atoms with van der Waals surface area (Å²) < 4.78 is 13.4. The summed E-state index contributed by atoms with van der Waals surface area (Å²) in [5, 5.41) is 6.81. The second-order valence-electron chi connectivity index (χ2n) is 9.16. The summed E-state index contributed by atoms with van der Waals surface area (Å²) in [7, 11) is 0.573. The van der Waals surface area contributed by atoms with Gasteiger partial charge in [-0.3, -0.25) is 9.69 Å². The number of fused-ring (bicyclic) bond motifs is 1. The van der Waals surface area contributed by atoms with E-state index in [9.17, 15) is 8.99 Å². The van der Waals surface area contributed by atoms with Crippen molar-refractivity contribution in [2.24, 2.45) is 5.92 Å². The van der Waals surface area contributed by atoms with Crippen molar-refractivity contribution in [3.05, 3.63) is 75.1 Å². The van der Waals surface area contributed by atoms with E-state index < -0.39 is 14.6 Å². The molecular formula is C25H32ClFN7OP. The van der Waals surface area contributed by atoms with E-state index in [1.807, 2.05) is 11.9 Å². The van der Waals surface area contributed by atoms with Crippen molar-refractivity contribution < 1.29 is 4.20 Å². The molecule has 8 nitrogen and oxygen atoms in total. The molecule has 0 saturated carbocycles. The molecule has 36 heavy (non-hydrogen) atoms. The second kappa shape index (κ2) is 12.6. The molecule has 1 unspecified atom stereocenters. The molecule has 2 aliphatic heterocycles. The summed E-state index contributed by atoms with van der Waals surface area (Å²) in [4.78, 5) is 24.8. The maximum absolute atomic E-state index is 12.7. The van der Waals surface area contributed by atoms with Crippen LogP contribution >= 0.6 is 20.6 Å². The number of nitrogens with one attached hydrogen (secondary N) is 1. The normalized spacial score (nSPS) is 16.5. The lowest BCUT2D eigenvalue weighted by Gasteiger charge is -2.30. The SMILES string of the molecule is CC1CCN(Cc2ccccc2)CC1.CNc1ncnc2c1CCN(c1cnn(PF)c(=O)c1Cl)C2. The highest BCUT2D eigenvalue weighted by molar-refractivity contribution is 7.29. The van der Waals surface area contributed by atoms with Gasteiger partial charge in [0.1, 0.15) is 17.2 Å². The molecule has 0 aliphatic carbocycles. The van der Waals surface area contributed by atoms with Crippen LogP contribution in [0.3, 0.4) is 0 Å². The quantitative estimate of drug-likeness (QED) is 0.484. The van der Waals surface area contributed by atoms with Crippen LogP contribution in [0.5, 0.6) is 0 Å². The third-order valence-electron chi connectivity index (χ3n) is 6.69. The highest BCUT2D eigenvalue weighted by Gasteiger charge is 2.24. The van der Waals surface area contributed by atoms with Crippen molar-refractivity contribution in [1.29, 1.82) is 0 Å². The van der Waals surface area contributed by atoms with Crippen molar-refractivity contribution >= 4 is 32.1 Å². The van der Waals surface area contributed by atoms with Gasteiger partial charge in [-0.1, -0.05) is 48.9 Å². The maximum atomic E-state index is 12.7. The molecule has 5 rings (SSSR count). The fourth-order valence-corrected chi connectivity index (χ4v) is 5.15. The Kier molecular flexibility index (Phi) is 9.24. The first-order valence-electron chi connectivity index (χ1n) is 12.2. The zero-order valence-corrected chi connectivity index (χ0v) is 22.4. The molecule has 1 saturated heterocycles. The molecule has 4 heterocycles. The summed E-state index contributed by atoms with van der Waals surface area (Å²) in [6.45, 7) is 7.19. The highest BCUT2D eigenvalue weighted by atomic mass is 35.5. The van der Waals surface area contributed by atoms with Gasteiger partial charge in [-0.05, 0) is 43.8 Å². The Balaban J connectivity index is 0.000000187. The topological polar surface area (TPSA) is 79.2 Å². The average Bonchev–Trinajstić information content (AvgIpc) is 2.92. The minimum absolute atomic E-state index is 0.0218. The predicted molar refractivity (Wildman–Crippen MR) is 145 cm³/mol. The molecule has 2 aliphatic rings. The number of benzene rings is 1. The van der Waals surface area contributed by atoms with E-state index in [2.05, 4.69) is 62.5 Å². The summed E-state index contributed by atoms with van der Waals surface area (Å²) in [6.07, 6.45) is 6.37. The number of hydrogen-bond donors (Lipinski definition) is 1. The van der Waals surface area contributed by atoms with Gasteiger partial charge >= 0.3 is 0 Å². The van der Waals surface area contributed by atoms with Crippen LogP contribution in [0.4, 0.5) is 15.7 Å². The van der Waals surface area contributed by atoms with Gasteiger partial charge in [-0.15, -0.1) is 0 Å². The molecule has 0 spiro atoms. The molecule has 3 aromatic rings. The molecule has 0 radical (unpaired) electrons. The van der Waals surface area contributed by atoms with E-state index in [4.69, 9.17) is 11.6 Å². The van der Waals surface area contributed by atoms with Crippen LogP contribution in [0.15, 0.2) is 47.7 Å². The maximum Gasteiger partial charge on any atom is 0.293 e. The van der Waals surface area contributed by atoms with E-state index in [-0.39, 0.29) is 5.02 Å². The standard InChI is InChI=1S/C13H19N.C12H13ClFN6OP/c1-12-7-9-14(10-8-12)11-13-5-3-2-4-6-13;1-15-11-7-2-3-19(5-8(7)16-6-17-11)9-4-18-20(22-14)12(21)10(9)13/h2-6,12H,7-11H2,1H3;4,6,22H,2-3,5H2,1H3,(H,15,16,17). The molecule has 2 aromatic heterocycles. The third kappa shape index (κ3) is 6.38. The predicted octanol–water partition coefficient (Wildman–Crippen LogP) is 4.54. The molecule has 11 heteroatoms. The number of hydrogen-bond acceptors (Lipinski definition) is 7. The van der Waals surface area contributed by atoms with E-state index in [0.717, 1.165) is 36.0 Å². The molecule has 1 aromatic carbocycles. The van der Waals surface area contributed by atoms with Gasteiger partial charge in [0.15, 0.2) is 9.04 Å². The third-order valence-corrected chi connectivity index (χ3v) is 7.52.